The predicted octanol–water partition coefficient (Wildman–Crippen LogP) is 0.551. The lowest BCUT2D eigenvalue weighted by molar-refractivity contribution is 0.252. The molecule has 11 heavy (non-hydrogen) atoms. The van der Waals surface area contributed by atoms with Gasteiger partial charge in [0.2, 0.25) is 5.95 Å². The fourth-order valence-electron chi connectivity index (χ4n) is 0.646. The number of carbonyl (C=O) groups is 1. The summed E-state index contributed by atoms with van der Waals surface area (Å²) in [5.41, 5.74) is 0. The molecular weight excluding hydrogens is 144 g/mol. The van der Waals surface area contributed by atoms with Crippen LogP contribution >= 0.6 is 0 Å². The SMILES string of the molecule is CCNC(=O)Nc1ncc[nH]1. The Labute approximate surface area is 64.2 Å². The molecule has 5 heteroatoms. The molecule has 0 fully saturated rings. The first-order valence-corrected chi connectivity index (χ1v) is 3.37. The Kier molecular flexibility index (Phi) is 2.48. The van der Waals surface area contributed by atoms with E-state index in [0.717, 1.165) is 0 Å². The summed E-state index contributed by atoms with van der Waals surface area (Å²) in [5, 5.41) is 5.08. The van der Waals surface area contributed by atoms with Crippen LogP contribution in [0.25, 0.3) is 0 Å². The lowest BCUT2D eigenvalue weighted by Crippen LogP contribution is -2.28. The van der Waals surface area contributed by atoms with Gasteiger partial charge in [0.15, 0.2) is 0 Å². The van der Waals surface area contributed by atoms with Gasteiger partial charge in [-0.25, -0.2) is 9.78 Å². The summed E-state index contributed by atoms with van der Waals surface area (Å²) >= 11 is 0. The van der Waals surface area contributed by atoms with Gasteiger partial charge in [-0.15, -0.1) is 0 Å². The van der Waals surface area contributed by atoms with Crippen molar-refractivity contribution in [1.29, 1.82) is 0 Å². The fourth-order valence-corrected chi connectivity index (χ4v) is 0.646. The van der Waals surface area contributed by atoms with Crippen molar-refractivity contribution in [2.24, 2.45) is 0 Å². The van der Waals surface area contributed by atoms with E-state index in [4.69, 9.17) is 0 Å². The maximum Gasteiger partial charge on any atom is 0.321 e. The maximum atomic E-state index is 10.8. The van der Waals surface area contributed by atoms with Crippen LogP contribution in [0.15, 0.2) is 12.4 Å². The summed E-state index contributed by atoms with van der Waals surface area (Å²) in [6, 6.07) is -0.248. The van der Waals surface area contributed by atoms with Crippen LogP contribution in [0.1, 0.15) is 6.92 Å². The zero-order valence-electron chi connectivity index (χ0n) is 6.22. The van der Waals surface area contributed by atoms with Gasteiger partial charge in [0.1, 0.15) is 0 Å². The van der Waals surface area contributed by atoms with Crippen LogP contribution in [0.2, 0.25) is 0 Å². The fraction of sp³-hybridized carbons (Fsp3) is 0.333. The van der Waals surface area contributed by atoms with Gasteiger partial charge >= 0.3 is 6.03 Å². The van der Waals surface area contributed by atoms with E-state index in [1.165, 1.54) is 0 Å². The minimum absolute atomic E-state index is 0.248. The number of hydrogen-bond acceptors (Lipinski definition) is 2. The van der Waals surface area contributed by atoms with Crippen molar-refractivity contribution in [3.05, 3.63) is 12.4 Å². The number of aromatic amines is 1. The van der Waals surface area contributed by atoms with E-state index in [9.17, 15) is 4.79 Å². The zero-order chi connectivity index (χ0) is 8.10. The molecule has 0 unspecified atom stereocenters. The largest absolute Gasteiger partial charge is 0.338 e. The highest BCUT2D eigenvalue weighted by atomic mass is 16.2. The molecule has 1 rings (SSSR count). The van der Waals surface area contributed by atoms with Gasteiger partial charge in [-0.2, -0.15) is 0 Å². The number of urea groups is 1. The van der Waals surface area contributed by atoms with Crippen LogP contribution in [-0.4, -0.2) is 22.5 Å². The Morgan fingerprint density at radius 3 is 3.18 bits per heavy atom. The number of nitrogens with zero attached hydrogens (tertiary/aromatic N) is 1. The molecule has 3 N–H and O–H groups in total. The first kappa shape index (κ1) is 7.59. The lowest BCUT2D eigenvalue weighted by atomic mass is 10.7. The quantitative estimate of drug-likeness (QED) is 0.582. The third-order valence-electron chi connectivity index (χ3n) is 1.07. The molecule has 2 amide bonds. The summed E-state index contributed by atoms with van der Waals surface area (Å²) in [4.78, 5) is 17.4. The molecule has 0 saturated carbocycles. The van der Waals surface area contributed by atoms with Gasteiger partial charge in [0.05, 0.1) is 0 Å². The van der Waals surface area contributed by atoms with Crippen molar-refractivity contribution >= 4 is 12.0 Å². The summed E-state index contributed by atoms with van der Waals surface area (Å²) in [6.07, 6.45) is 3.21. The predicted molar refractivity (Wildman–Crippen MR) is 41.3 cm³/mol. The molecule has 0 aromatic carbocycles. The van der Waals surface area contributed by atoms with E-state index < -0.39 is 0 Å². The van der Waals surface area contributed by atoms with E-state index >= 15 is 0 Å². The number of rotatable bonds is 2. The van der Waals surface area contributed by atoms with Crippen molar-refractivity contribution in [3.8, 4) is 0 Å². The minimum atomic E-state index is -0.248. The number of carbonyl (C=O) groups excluding carboxylic acids is 1. The molecule has 0 aliphatic rings. The average molecular weight is 154 g/mol. The van der Waals surface area contributed by atoms with Gasteiger partial charge in [0.25, 0.3) is 0 Å². The molecule has 1 heterocycles. The van der Waals surface area contributed by atoms with Gasteiger partial charge < -0.3 is 10.3 Å². The minimum Gasteiger partial charge on any atom is -0.338 e. The first-order chi connectivity index (χ1) is 5.33. The highest BCUT2D eigenvalue weighted by molar-refractivity contribution is 5.87. The topological polar surface area (TPSA) is 69.8 Å². The van der Waals surface area contributed by atoms with Crippen molar-refractivity contribution in [1.82, 2.24) is 15.3 Å². The van der Waals surface area contributed by atoms with Crippen LogP contribution in [0.5, 0.6) is 0 Å². The molecule has 0 aliphatic carbocycles. The summed E-state index contributed by atoms with van der Waals surface area (Å²) < 4.78 is 0. The Balaban J connectivity index is 2.37. The van der Waals surface area contributed by atoms with Gasteiger partial charge in [-0.1, -0.05) is 0 Å². The summed E-state index contributed by atoms with van der Waals surface area (Å²) in [5.74, 6) is 0.455. The highest BCUT2D eigenvalue weighted by Crippen LogP contribution is 1.92. The lowest BCUT2D eigenvalue weighted by Gasteiger charge is -2.00. The number of anilines is 1. The summed E-state index contributed by atoms with van der Waals surface area (Å²) in [6.45, 7) is 2.45. The number of hydrogen-bond donors (Lipinski definition) is 3. The van der Waals surface area contributed by atoms with Crippen molar-refractivity contribution in [3.63, 3.8) is 0 Å². The Morgan fingerprint density at radius 2 is 2.64 bits per heavy atom. The standard InChI is InChI=1S/C6H10N4O/c1-2-7-6(11)10-5-8-3-4-9-5/h3-4H,2H2,1H3,(H3,7,8,9,10,11). The number of amides is 2. The molecule has 0 radical (unpaired) electrons. The van der Waals surface area contributed by atoms with Crippen LogP contribution in [-0.2, 0) is 0 Å². The van der Waals surface area contributed by atoms with Crippen LogP contribution in [0.3, 0.4) is 0 Å². The van der Waals surface area contributed by atoms with Crippen LogP contribution in [0.4, 0.5) is 10.7 Å². The Hall–Kier alpha value is -1.52. The van der Waals surface area contributed by atoms with Crippen molar-refractivity contribution < 1.29 is 4.79 Å². The molecule has 0 aliphatic heterocycles. The van der Waals surface area contributed by atoms with E-state index in [2.05, 4.69) is 20.6 Å². The molecule has 5 nitrogen and oxygen atoms in total. The van der Waals surface area contributed by atoms with Gasteiger partial charge in [0, 0.05) is 18.9 Å². The highest BCUT2D eigenvalue weighted by Gasteiger charge is 1.98. The van der Waals surface area contributed by atoms with E-state index in [0.29, 0.717) is 12.5 Å². The number of nitrogens with one attached hydrogen (secondary N) is 3. The van der Waals surface area contributed by atoms with Gasteiger partial charge in [-0.3, -0.25) is 5.32 Å². The normalized spacial score (nSPS) is 9.18. The molecule has 60 valence electrons. The van der Waals surface area contributed by atoms with E-state index in [-0.39, 0.29) is 6.03 Å². The second-order valence-corrected chi connectivity index (χ2v) is 1.92. The second kappa shape index (κ2) is 3.60. The smallest absolute Gasteiger partial charge is 0.321 e. The number of imidazole rings is 1. The van der Waals surface area contributed by atoms with Gasteiger partial charge in [-0.05, 0) is 6.92 Å². The number of aromatic nitrogens is 2. The third-order valence-corrected chi connectivity index (χ3v) is 1.07. The molecule has 0 atom stereocenters. The summed E-state index contributed by atoms with van der Waals surface area (Å²) in [7, 11) is 0. The van der Waals surface area contributed by atoms with Crippen molar-refractivity contribution in [2.75, 3.05) is 11.9 Å². The molecule has 1 aromatic rings. The maximum absolute atomic E-state index is 10.8. The third kappa shape index (κ3) is 2.29. The molecule has 1 aromatic heterocycles. The molecule has 0 bridgehead atoms. The molecular formula is C6H10N4O. The first-order valence-electron chi connectivity index (χ1n) is 3.37. The Bertz CT molecular complexity index is 218. The van der Waals surface area contributed by atoms with Crippen molar-refractivity contribution in [2.45, 2.75) is 6.92 Å². The monoisotopic (exact) mass is 154 g/mol. The van der Waals surface area contributed by atoms with Crippen LogP contribution < -0.4 is 10.6 Å². The Morgan fingerprint density at radius 1 is 1.82 bits per heavy atom. The van der Waals surface area contributed by atoms with E-state index in [1.54, 1.807) is 12.4 Å². The second-order valence-electron chi connectivity index (χ2n) is 1.92. The molecule has 0 spiro atoms. The van der Waals surface area contributed by atoms with Crippen LogP contribution in [0, 0.1) is 0 Å². The zero-order valence-corrected chi connectivity index (χ0v) is 6.22. The average Bonchev–Trinajstić information content (AvgIpc) is 2.40. The van der Waals surface area contributed by atoms with E-state index in [1.807, 2.05) is 6.92 Å². The molecule has 0 saturated heterocycles. The number of H-pyrrole nitrogens is 1.